The molecule has 3 rings (SSSR count). The summed E-state index contributed by atoms with van der Waals surface area (Å²) in [6.45, 7) is 0.541. The molecule has 4 heteroatoms. The molecule has 0 aliphatic heterocycles. The van der Waals surface area contributed by atoms with Crippen molar-refractivity contribution in [1.29, 1.82) is 0 Å². The van der Waals surface area contributed by atoms with Crippen LogP contribution < -0.4 is 4.74 Å². The Morgan fingerprint density at radius 2 is 1.75 bits per heavy atom. The van der Waals surface area contributed by atoms with Crippen molar-refractivity contribution in [3.05, 3.63) is 69.2 Å². The molecule has 1 heterocycles. The first-order valence-corrected chi connectivity index (χ1v) is 7.73. The van der Waals surface area contributed by atoms with Crippen LogP contribution in [0.5, 0.6) is 5.75 Å². The molecule has 20 heavy (non-hydrogen) atoms. The molecule has 0 atom stereocenters. The highest BCUT2D eigenvalue weighted by Gasteiger charge is 2.07. The maximum absolute atomic E-state index is 5.87. The fraction of sp³-hybridized carbons (Fsp3) is 0.0625. The van der Waals surface area contributed by atoms with Crippen molar-refractivity contribution in [3.63, 3.8) is 0 Å². The predicted octanol–water partition coefficient (Wildman–Crippen LogP) is 5.34. The largest absolute Gasteiger partial charge is 0.488 e. The quantitative estimate of drug-likeness (QED) is 0.600. The van der Waals surface area contributed by atoms with Gasteiger partial charge in [-0.3, -0.25) is 4.98 Å². The number of benzene rings is 2. The molecule has 0 saturated heterocycles. The van der Waals surface area contributed by atoms with Gasteiger partial charge in [0.05, 0.1) is 9.99 Å². The van der Waals surface area contributed by atoms with E-state index in [0.717, 1.165) is 31.2 Å². The topological polar surface area (TPSA) is 22.1 Å². The van der Waals surface area contributed by atoms with Crippen LogP contribution in [0, 0.1) is 0 Å². The van der Waals surface area contributed by atoms with Gasteiger partial charge in [0, 0.05) is 22.1 Å². The average molecular weight is 393 g/mol. The van der Waals surface area contributed by atoms with Crippen molar-refractivity contribution in [2.24, 2.45) is 0 Å². The van der Waals surface area contributed by atoms with Gasteiger partial charge in [-0.25, -0.2) is 0 Å². The number of ether oxygens (including phenoxy) is 1. The summed E-state index contributed by atoms with van der Waals surface area (Å²) in [5, 5.41) is 1.06. The van der Waals surface area contributed by atoms with Crippen molar-refractivity contribution >= 4 is 42.8 Å². The molecule has 3 aromatic rings. The van der Waals surface area contributed by atoms with Crippen molar-refractivity contribution < 1.29 is 4.74 Å². The molecule has 0 fully saturated rings. The van der Waals surface area contributed by atoms with Crippen molar-refractivity contribution in [2.45, 2.75) is 6.61 Å². The van der Waals surface area contributed by atoms with Gasteiger partial charge in [-0.15, -0.1) is 0 Å². The van der Waals surface area contributed by atoms with Crippen LogP contribution in [-0.2, 0) is 6.61 Å². The Labute approximate surface area is 134 Å². The fourth-order valence-electron chi connectivity index (χ4n) is 1.96. The second kappa shape index (κ2) is 5.94. The van der Waals surface area contributed by atoms with E-state index in [0.29, 0.717) is 6.61 Å². The van der Waals surface area contributed by atoms with E-state index in [9.17, 15) is 0 Å². The molecular weight excluding hydrogens is 382 g/mol. The maximum atomic E-state index is 5.87. The van der Waals surface area contributed by atoms with Crippen LogP contribution in [0.15, 0.2) is 63.7 Å². The zero-order chi connectivity index (χ0) is 13.9. The van der Waals surface area contributed by atoms with Gasteiger partial charge in [-0.1, -0.05) is 46.3 Å². The SMILES string of the molecule is Brc1cc2c(Br)ccnc2cc1OCc1ccccc1. The molecule has 2 nitrogen and oxygen atoms in total. The van der Waals surface area contributed by atoms with E-state index < -0.39 is 0 Å². The molecule has 1 aromatic heterocycles. The number of aromatic nitrogens is 1. The second-order valence-corrected chi connectivity index (χ2v) is 6.08. The smallest absolute Gasteiger partial charge is 0.136 e. The van der Waals surface area contributed by atoms with Crippen LogP contribution in [0.2, 0.25) is 0 Å². The zero-order valence-corrected chi connectivity index (χ0v) is 13.7. The molecular formula is C16H11Br2NO. The van der Waals surface area contributed by atoms with Crippen molar-refractivity contribution in [1.82, 2.24) is 4.98 Å². The number of hydrogen-bond donors (Lipinski definition) is 0. The van der Waals surface area contributed by atoms with E-state index in [4.69, 9.17) is 4.74 Å². The molecule has 0 spiro atoms. The minimum Gasteiger partial charge on any atom is -0.488 e. The summed E-state index contributed by atoms with van der Waals surface area (Å²) in [5.74, 6) is 0.798. The summed E-state index contributed by atoms with van der Waals surface area (Å²) in [6.07, 6.45) is 1.78. The summed E-state index contributed by atoms with van der Waals surface area (Å²) in [5.41, 5.74) is 2.05. The molecule has 2 aromatic carbocycles. The lowest BCUT2D eigenvalue weighted by molar-refractivity contribution is 0.304. The number of pyridine rings is 1. The van der Waals surface area contributed by atoms with E-state index in [1.807, 2.05) is 48.5 Å². The summed E-state index contributed by atoms with van der Waals surface area (Å²) in [6, 6.07) is 16.0. The van der Waals surface area contributed by atoms with Gasteiger partial charge in [0.1, 0.15) is 12.4 Å². The minimum atomic E-state index is 0.541. The van der Waals surface area contributed by atoms with Gasteiger partial charge in [-0.2, -0.15) is 0 Å². The summed E-state index contributed by atoms with van der Waals surface area (Å²) in [4.78, 5) is 4.37. The minimum absolute atomic E-state index is 0.541. The van der Waals surface area contributed by atoms with Gasteiger partial charge in [-0.05, 0) is 33.6 Å². The standard InChI is InChI=1S/C16H11Br2NO/c17-13-6-7-19-15-9-16(14(18)8-12(13)15)20-10-11-4-2-1-3-5-11/h1-9H,10H2. The lowest BCUT2D eigenvalue weighted by Gasteiger charge is -2.10. The van der Waals surface area contributed by atoms with Crippen LogP contribution in [-0.4, -0.2) is 4.98 Å². The monoisotopic (exact) mass is 391 g/mol. The van der Waals surface area contributed by atoms with Crippen LogP contribution in [0.1, 0.15) is 5.56 Å². The fourth-order valence-corrected chi connectivity index (χ4v) is 2.85. The first-order valence-electron chi connectivity index (χ1n) is 6.14. The van der Waals surface area contributed by atoms with E-state index >= 15 is 0 Å². The first kappa shape index (κ1) is 13.6. The molecule has 0 unspecified atom stereocenters. The Morgan fingerprint density at radius 1 is 0.950 bits per heavy atom. The highest BCUT2D eigenvalue weighted by Crippen LogP contribution is 2.33. The summed E-state index contributed by atoms with van der Waals surface area (Å²) >= 11 is 7.08. The highest BCUT2D eigenvalue weighted by molar-refractivity contribution is 9.11. The van der Waals surface area contributed by atoms with E-state index in [2.05, 4.69) is 36.8 Å². The maximum Gasteiger partial charge on any atom is 0.136 e. The number of halogens is 2. The van der Waals surface area contributed by atoms with Gasteiger partial charge in [0.15, 0.2) is 0 Å². The normalized spacial score (nSPS) is 10.7. The third-order valence-corrected chi connectivity index (χ3v) is 4.29. The van der Waals surface area contributed by atoms with E-state index in [-0.39, 0.29) is 0 Å². The summed E-state index contributed by atoms with van der Waals surface area (Å²) < 4.78 is 7.82. The van der Waals surface area contributed by atoms with E-state index in [1.165, 1.54) is 0 Å². The molecule has 0 aliphatic rings. The van der Waals surface area contributed by atoms with Gasteiger partial charge in [0.25, 0.3) is 0 Å². The molecule has 0 aliphatic carbocycles. The molecule has 0 N–H and O–H groups in total. The molecule has 0 saturated carbocycles. The van der Waals surface area contributed by atoms with Crippen LogP contribution in [0.25, 0.3) is 10.9 Å². The molecule has 100 valence electrons. The molecule has 0 radical (unpaired) electrons. The Kier molecular flexibility index (Phi) is 4.03. The number of nitrogens with zero attached hydrogens (tertiary/aromatic N) is 1. The average Bonchev–Trinajstić information content (AvgIpc) is 2.47. The van der Waals surface area contributed by atoms with Crippen LogP contribution >= 0.6 is 31.9 Å². The number of hydrogen-bond acceptors (Lipinski definition) is 2. The van der Waals surface area contributed by atoms with Gasteiger partial charge >= 0.3 is 0 Å². The summed E-state index contributed by atoms with van der Waals surface area (Å²) in [7, 11) is 0. The highest BCUT2D eigenvalue weighted by atomic mass is 79.9. The van der Waals surface area contributed by atoms with Crippen LogP contribution in [0.3, 0.4) is 0 Å². The van der Waals surface area contributed by atoms with Crippen molar-refractivity contribution in [2.75, 3.05) is 0 Å². The Morgan fingerprint density at radius 3 is 2.55 bits per heavy atom. The van der Waals surface area contributed by atoms with Crippen molar-refractivity contribution in [3.8, 4) is 5.75 Å². The number of rotatable bonds is 3. The lowest BCUT2D eigenvalue weighted by Crippen LogP contribution is -1.96. The zero-order valence-electron chi connectivity index (χ0n) is 10.5. The lowest BCUT2D eigenvalue weighted by atomic mass is 10.2. The third kappa shape index (κ3) is 2.86. The van der Waals surface area contributed by atoms with Crippen LogP contribution in [0.4, 0.5) is 0 Å². The molecule has 0 bridgehead atoms. The predicted molar refractivity (Wildman–Crippen MR) is 87.9 cm³/mol. The number of fused-ring (bicyclic) bond motifs is 1. The molecule has 0 amide bonds. The van der Waals surface area contributed by atoms with Gasteiger partial charge in [0.2, 0.25) is 0 Å². The first-order chi connectivity index (χ1) is 9.74. The van der Waals surface area contributed by atoms with E-state index in [1.54, 1.807) is 6.20 Å². The Hall–Kier alpha value is -1.39. The third-order valence-electron chi connectivity index (χ3n) is 2.98. The van der Waals surface area contributed by atoms with Gasteiger partial charge < -0.3 is 4.74 Å². The Bertz CT molecular complexity index is 744. The second-order valence-electron chi connectivity index (χ2n) is 4.37. The Balaban J connectivity index is 1.90.